The van der Waals surface area contributed by atoms with Crippen molar-refractivity contribution in [3.05, 3.63) is 0 Å². The molecule has 14 heavy (non-hydrogen) atoms. The average molecular weight is 198 g/mol. The Morgan fingerprint density at radius 3 is 2.29 bits per heavy atom. The smallest absolute Gasteiger partial charge is 0.143 e. The lowest BCUT2D eigenvalue weighted by atomic mass is 9.97. The van der Waals surface area contributed by atoms with E-state index in [4.69, 9.17) is 0 Å². The molecule has 82 valence electrons. The van der Waals surface area contributed by atoms with E-state index in [1.165, 1.54) is 0 Å². The maximum atomic E-state index is 11.4. The van der Waals surface area contributed by atoms with E-state index in [0.29, 0.717) is 6.42 Å². The molecule has 2 heteroatoms. The van der Waals surface area contributed by atoms with Crippen molar-refractivity contribution < 1.29 is 9.59 Å². The van der Waals surface area contributed by atoms with E-state index >= 15 is 0 Å². The zero-order valence-electron chi connectivity index (χ0n) is 9.64. The van der Waals surface area contributed by atoms with Crippen LogP contribution in [0.3, 0.4) is 0 Å². The summed E-state index contributed by atoms with van der Waals surface area (Å²) >= 11 is 0. The van der Waals surface area contributed by atoms with Gasteiger partial charge in [0.2, 0.25) is 0 Å². The van der Waals surface area contributed by atoms with Gasteiger partial charge in [-0.1, -0.05) is 33.6 Å². The number of hydrogen-bond donors (Lipinski definition) is 0. The van der Waals surface area contributed by atoms with Crippen molar-refractivity contribution >= 4 is 11.6 Å². The third-order valence-corrected chi connectivity index (χ3v) is 2.59. The van der Waals surface area contributed by atoms with Crippen molar-refractivity contribution in [2.24, 2.45) is 5.92 Å². The van der Waals surface area contributed by atoms with Crippen LogP contribution in [0, 0.1) is 5.92 Å². The van der Waals surface area contributed by atoms with E-state index in [-0.39, 0.29) is 23.9 Å². The molecule has 0 heterocycles. The molecule has 0 radical (unpaired) electrons. The summed E-state index contributed by atoms with van der Waals surface area (Å²) < 4.78 is 0. The van der Waals surface area contributed by atoms with Crippen LogP contribution in [0.5, 0.6) is 0 Å². The maximum absolute atomic E-state index is 11.4. The van der Waals surface area contributed by atoms with Crippen molar-refractivity contribution in [1.29, 1.82) is 0 Å². The summed E-state index contributed by atoms with van der Waals surface area (Å²) in [7, 11) is 0. The molecule has 0 aliphatic heterocycles. The standard InChI is InChI=1S/C12H22O2/c1-4-6-7-8-11(13)9-12(14)10(3)5-2/h10H,4-9H2,1-3H3. The average Bonchev–Trinajstić information content (AvgIpc) is 2.16. The Morgan fingerprint density at radius 1 is 1.14 bits per heavy atom. The highest BCUT2D eigenvalue weighted by Crippen LogP contribution is 2.08. The lowest BCUT2D eigenvalue weighted by Gasteiger charge is -2.05. The van der Waals surface area contributed by atoms with Crippen molar-refractivity contribution in [2.75, 3.05) is 0 Å². The van der Waals surface area contributed by atoms with Gasteiger partial charge in [-0.2, -0.15) is 0 Å². The summed E-state index contributed by atoms with van der Waals surface area (Å²) in [6, 6.07) is 0. The highest BCUT2D eigenvalue weighted by Gasteiger charge is 2.14. The van der Waals surface area contributed by atoms with Crippen LogP contribution in [0.1, 0.15) is 59.3 Å². The van der Waals surface area contributed by atoms with Gasteiger partial charge in [0.1, 0.15) is 11.6 Å². The quantitative estimate of drug-likeness (QED) is 0.443. The number of hydrogen-bond acceptors (Lipinski definition) is 2. The highest BCUT2D eigenvalue weighted by molar-refractivity contribution is 5.99. The molecule has 0 N–H and O–H groups in total. The summed E-state index contributed by atoms with van der Waals surface area (Å²) in [5.41, 5.74) is 0. The van der Waals surface area contributed by atoms with Gasteiger partial charge < -0.3 is 0 Å². The minimum absolute atomic E-state index is 0.0464. The monoisotopic (exact) mass is 198 g/mol. The van der Waals surface area contributed by atoms with Crippen LogP contribution in [-0.2, 0) is 9.59 Å². The highest BCUT2D eigenvalue weighted by atomic mass is 16.1. The van der Waals surface area contributed by atoms with E-state index in [9.17, 15) is 9.59 Å². The number of rotatable bonds is 8. The van der Waals surface area contributed by atoms with Crippen molar-refractivity contribution in [1.82, 2.24) is 0 Å². The van der Waals surface area contributed by atoms with Crippen molar-refractivity contribution in [3.63, 3.8) is 0 Å². The second-order valence-corrected chi connectivity index (χ2v) is 3.95. The van der Waals surface area contributed by atoms with E-state index in [2.05, 4.69) is 6.92 Å². The fourth-order valence-electron chi connectivity index (χ4n) is 1.26. The number of carbonyl (C=O) groups excluding carboxylic acids is 2. The summed E-state index contributed by atoms with van der Waals surface area (Å²) in [4.78, 5) is 22.7. The Labute approximate surface area is 87.1 Å². The zero-order valence-corrected chi connectivity index (χ0v) is 9.64. The van der Waals surface area contributed by atoms with Crippen LogP contribution in [0.4, 0.5) is 0 Å². The van der Waals surface area contributed by atoms with E-state index < -0.39 is 0 Å². The zero-order chi connectivity index (χ0) is 11.0. The molecule has 0 rings (SSSR count). The first-order valence-corrected chi connectivity index (χ1v) is 5.66. The maximum Gasteiger partial charge on any atom is 0.143 e. The normalized spacial score (nSPS) is 12.5. The van der Waals surface area contributed by atoms with E-state index in [1.54, 1.807) is 0 Å². The fraction of sp³-hybridized carbons (Fsp3) is 0.833. The number of ketones is 2. The summed E-state index contributed by atoms with van der Waals surface area (Å²) in [6.45, 7) is 5.97. The first-order chi connectivity index (χ1) is 6.61. The molecule has 0 spiro atoms. The summed E-state index contributed by atoms with van der Waals surface area (Å²) in [5, 5.41) is 0. The van der Waals surface area contributed by atoms with Crippen LogP contribution in [0.2, 0.25) is 0 Å². The largest absolute Gasteiger partial charge is 0.299 e. The summed E-state index contributed by atoms with van der Waals surface area (Å²) in [6.07, 6.45) is 4.70. The van der Waals surface area contributed by atoms with Gasteiger partial charge in [0.25, 0.3) is 0 Å². The SMILES string of the molecule is CCCCCC(=O)CC(=O)C(C)CC. The molecular weight excluding hydrogens is 176 g/mol. The van der Waals surface area contributed by atoms with Gasteiger partial charge in [0.15, 0.2) is 0 Å². The second-order valence-electron chi connectivity index (χ2n) is 3.95. The first-order valence-electron chi connectivity index (χ1n) is 5.66. The number of carbonyl (C=O) groups is 2. The van der Waals surface area contributed by atoms with Gasteiger partial charge in [-0.15, -0.1) is 0 Å². The molecule has 1 atom stereocenters. The fourth-order valence-corrected chi connectivity index (χ4v) is 1.26. The minimum atomic E-state index is 0.0464. The molecule has 0 saturated carbocycles. The Balaban J connectivity index is 3.66. The molecular formula is C12H22O2. The third-order valence-electron chi connectivity index (χ3n) is 2.59. The van der Waals surface area contributed by atoms with Gasteiger partial charge in [0.05, 0.1) is 6.42 Å². The Kier molecular flexibility index (Phi) is 7.35. The van der Waals surface area contributed by atoms with Crippen LogP contribution < -0.4 is 0 Å². The van der Waals surface area contributed by atoms with Crippen LogP contribution in [-0.4, -0.2) is 11.6 Å². The van der Waals surface area contributed by atoms with Crippen LogP contribution in [0.15, 0.2) is 0 Å². The predicted octanol–water partition coefficient (Wildman–Crippen LogP) is 3.14. The molecule has 0 amide bonds. The number of Topliss-reactive ketones (excluding diaryl/α,β-unsaturated/α-hetero) is 2. The molecule has 0 fully saturated rings. The molecule has 0 aliphatic carbocycles. The lowest BCUT2D eigenvalue weighted by molar-refractivity contribution is -0.129. The van der Waals surface area contributed by atoms with Gasteiger partial charge >= 0.3 is 0 Å². The van der Waals surface area contributed by atoms with Gasteiger partial charge in [0, 0.05) is 12.3 Å². The molecule has 0 bridgehead atoms. The summed E-state index contributed by atoms with van der Waals surface area (Å²) in [5.74, 6) is 0.267. The van der Waals surface area contributed by atoms with Crippen LogP contribution >= 0.6 is 0 Å². The lowest BCUT2D eigenvalue weighted by Crippen LogP contribution is -2.14. The first kappa shape index (κ1) is 13.3. The molecule has 0 aliphatic rings. The Hall–Kier alpha value is -0.660. The van der Waals surface area contributed by atoms with E-state index in [0.717, 1.165) is 25.7 Å². The van der Waals surface area contributed by atoms with Gasteiger partial charge in [-0.25, -0.2) is 0 Å². The van der Waals surface area contributed by atoms with Crippen molar-refractivity contribution in [3.8, 4) is 0 Å². The van der Waals surface area contributed by atoms with Crippen molar-refractivity contribution in [2.45, 2.75) is 59.3 Å². The van der Waals surface area contributed by atoms with Gasteiger partial charge in [-0.3, -0.25) is 9.59 Å². The third kappa shape index (κ3) is 5.90. The Bertz CT molecular complexity index is 185. The molecule has 0 aromatic carbocycles. The molecule has 0 saturated heterocycles. The minimum Gasteiger partial charge on any atom is -0.299 e. The molecule has 0 aromatic rings. The molecule has 0 aromatic heterocycles. The van der Waals surface area contributed by atoms with Gasteiger partial charge in [-0.05, 0) is 12.8 Å². The predicted molar refractivity (Wildman–Crippen MR) is 58.2 cm³/mol. The van der Waals surface area contributed by atoms with E-state index in [1.807, 2.05) is 13.8 Å². The number of unbranched alkanes of at least 4 members (excludes halogenated alkanes) is 2. The topological polar surface area (TPSA) is 34.1 Å². The molecule has 1 unspecified atom stereocenters. The Morgan fingerprint density at radius 2 is 1.79 bits per heavy atom. The van der Waals surface area contributed by atoms with Crippen LogP contribution in [0.25, 0.3) is 0 Å². The molecule has 2 nitrogen and oxygen atoms in total. The second kappa shape index (κ2) is 7.72.